The molecule has 0 fully saturated rings. The molecular formula is C26H23NO4. The van der Waals surface area contributed by atoms with E-state index < -0.39 is 5.97 Å². The highest BCUT2D eigenvalue weighted by molar-refractivity contribution is 5.91. The zero-order valence-corrected chi connectivity index (χ0v) is 17.7. The highest BCUT2D eigenvalue weighted by Gasteiger charge is 2.10. The summed E-state index contributed by atoms with van der Waals surface area (Å²) in [5.74, 6) is 1.14. The lowest BCUT2D eigenvalue weighted by Crippen LogP contribution is -2.18. The number of hydrogen-bond acceptors (Lipinski definition) is 5. The molecule has 0 N–H and O–H groups in total. The fourth-order valence-electron chi connectivity index (χ4n) is 3.03. The second-order valence-electron chi connectivity index (χ2n) is 6.97. The first kappa shape index (κ1) is 21.7. The van der Waals surface area contributed by atoms with Gasteiger partial charge in [-0.1, -0.05) is 36.4 Å². The van der Waals surface area contributed by atoms with Gasteiger partial charge in [0.2, 0.25) is 0 Å². The fraction of sp³-hybridized carbons (Fsp3) is 0.154. The van der Waals surface area contributed by atoms with E-state index in [9.17, 15) is 10.1 Å². The maximum Gasteiger partial charge on any atom is 0.349 e. The summed E-state index contributed by atoms with van der Waals surface area (Å²) in [6.45, 7) is 3.68. The van der Waals surface area contributed by atoms with E-state index in [0.717, 1.165) is 16.7 Å². The fourth-order valence-corrected chi connectivity index (χ4v) is 3.03. The van der Waals surface area contributed by atoms with Gasteiger partial charge < -0.3 is 14.2 Å². The lowest BCUT2D eigenvalue weighted by molar-refractivity contribution is -0.136. The summed E-state index contributed by atoms with van der Waals surface area (Å²) in [5, 5.41) is 9.62. The van der Waals surface area contributed by atoms with Crippen LogP contribution in [0.2, 0.25) is 0 Å². The van der Waals surface area contributed by atoms with E-state index in [4.69, 9.17) is 14.2 Å². The Morgan fingerprint density at radius 3 is 2.58 bits per heavy atom. The number of allylic oxidation sites excluding steroid dienone is 1. The Hall–Kier alpha value is -4.04. The van der Waals surface area contributed by atoms with Gasteiger partial charge >= 0.3 is 5.97 Å². The van der Waals surface area contributed by atoms with Crippen molar-refractivity contribution < 1.29 is 19.0 Å². The minimum absolute atomic E-state index is 0.199. The van der Waals surface area contributed by atoms with Crippen LogP contribution in [0.25, 0.3) is 11.6 Å². The number of ether oxygens (including phenoxy) is 3. The van der Waals surface area contributed by atoms with Gasteiger partial charge in [-0.05, 0) is 66.9 Å². The number of para-hydroxylation sites is 1. The minimum Gasteiger partial charge on any atom is -0.496 e. The van der Waals surface area contributed by atoms with Crippen LogP contribution in [0.1, 0.15) is 22.3 Å². The molecule has 0 amide bonds. The lowest BCUT2D eigenvalue weighted by Gasteiger charge is -2.10. The molecule has 0 radical (unpaired) electrons. The van der Waals surface area contributed by atoms with Crippen LogP contribution in [-0.2, 0) is 4.79 Å². The molecule has 0 aliphatic rings. The number of methoxy groups -OCH3 is 1. The molecule has 3 aromatic carbocycles. The van der Waals surface area contributed by atoms with Crippen LogP contribution in [0.15, 0.2) is 66.7 Å². The summed E-state index contributed by atoms with van der Waals surface area (Å²) in [7, 11) is 1.56. The van der Waals surface area contributed by atoms with Crippen molar-refractivity contribution in [2.75, 3.05) is 13.7 Å². The molecule has 31 heavy (non-hydrogen) atoms. The highest BCUT2D eigenvalue weighted by atomic mass is 16.6. The van der Waals surface area contributed by atoms with E-state index >= 15 is 0 Å². The van der Waals surface area contributed by atoms with Crippen LogP contribution in [0.4, 0.5) is 0 Å². The third-order valence-electron chi connectivity index (χ3n) is 4.61. The van der Waals surface area contributed by atoms with Crippen LogP contribution in [0.5, 0.6) is 17.2 Å². The Bertz CT molecular complexity index is 1160. The van der Waals surface area contributed by atoms with E-state index in [2.05, 4.69) is 6.07 Å². The van der Waals surface area contributed by atoms with Gasteiger partial charge in [-0.15, -0.1) is 0 Å². The van der Waals surface area contributed by atoms with Gasteiger partial charge in [0.15, 0.2) is 6.61 Å². The number of rotatable bonds is 7. The number of hydrogen-bond donors (Lipinski definition) is 0. The zero-order valence-electron chi connectivity index (χ0n) is 17.7. The molecular weight excluding hydrogens is 390 g/mol. The first-order chi connectivity index (χ1) is 15.0. The minimum atomic E-state index is -0.507. The van der Waals surface area contributed by atoms with E-state index in [1.165, 1.54) is 0 Å². The Balaban J connectivity index is 1.72. The van der Waals surface area contributed by atoms with Gasteiger partial charge in [-0.25, -0.2) is 4.79 Å². The van der Waals surface area contributed by atoms with Crippen molar-refractivity contribution in [3.8, 4) is 23.3 Å². The summed E-state index contributed by atoms with van der Waals surface area (Å²) < 4.78 is 16.4. The van der Waals surface area contributed by atoms with E-state index in [0.29, 0.717) is 28.4 Å². The van der Waals surface area contributed by atoms with Crippen molar-refractivity contribution in [3.63, 3.8) is 0 Å². The SMILES string of the molecule is COc1ccccc1/C(C#N)=C\c1cccc(OC(=O)COc2cc(C)ccc2C)c1. The maximum absolute atomic E-state index is 12.2. The number of esters is 1. The van der Waals surface area contributed by atoms with Crippen molar-refractivity contribution in [2.45, 2.75) is 13.8 Å². The van der Waals surface area contributed by atoms with Crippen LogP contribution in [0, 0.1) is 25.2 Å². The van der Waals surface area contributed by atoms with Crippen LogP contribution >= 0.6 is 0 Å². The van der Waals surface area contributed by atoms with Gasteiger partial charge in [0, 0.05) is 5.56 Å². The molecule has 0 aliphatic carbocycles. The number of aryl methyl sites for hydroxylation is 2. The Morgan fingerprint density at radius 2 is 1.81 bits per heavy atom. The molecule has 156 valence electrons. The van der Waals surface area contributed by atoms with Gasteiger partial charge in [-0.2, -0.15) is 5.26 Å². The molecule has 0 saturated carbocycles. The summed E-state index contributed by atoms with van der Waals surface area (Å²) in [4.78, 5) is 12.2. The normalized spacial score (nSPS) is 10.8. The Kier molecular flexibility index (Phi) is 7.08. The topological polar surface area (TPSA) is 68.5 Å². The average Bonchev–Trinajstić information content (AvgIpc) is 2.78. The molecule has 0 aliphatic heterocycles. The number of nitriles is 1. The molecule has 0 unspecified atom stereocenters. The number of benzene rings is 3. The van der Waals surface area contributed by atoms with Crippen molar-refractivity contribution in [3.05, 3.63) is 89.0 Å². The maximum atomic E-state index is 12.2. The summed E-state index contributed by atoms with van der Waals surface area (Å²) in [6.07, 6.45) is 1.72. The molecule has 0 atom stereocenters. The molecule has 3 rings (SSSR count). The third kappa shape index (κ3) is 5.74. The number of carbonyl (C=O) groups is 1. The van der Waals surface area contributed by atoms with Crippen molar-refractivity contribution >= 4 is 17.6 Å². The molecule has 0 aromatic heterocycles. The van der Waals surface area contributed by atoms with Gasteiger partial charge in [-0.3, -0.25) is 0 Å². The monoisotopic (exact) mass is 413 g/mol. The van der Waals surface area contributed by atoms with Crippen LogP contribution in [0.3, 0.4) is 0 Å². The van der Waals surface area contributed by atoms with Crippen LogP contribution in [-0.4, -0.2) is 19.7 Å². The Morgan fingerprint density at radius 1 is 1.00 bits per heavy atom. The number of carbonyl (C=O) groups excluding carboxylic acids is 1. The summed E-state index contributed by atoms with van der Waals surface area (Å²) in [6, 6.07) is 22.3. The summed E-state index contributed by atoms with van der Waals surface area (Å²) in [5.41, 5.74) is 3.86. The van der Waals surface area contributed by atoms with Crippen molar-refractivity contribution in [2.24, 2.45) is 0 Å². The average molecular weight is 413 g/mol. The Labute approximate surface area is 182 Å². The molecule has 0 saturated heterocycles. The number of nitrogens with zero attached hydrogens (tertiary/aromatic N) is 1. The van der Waals surface area contributed by atoms with Crippen molar-refractivity contribution in [1.82, 2.24) is 0 Å². The molecule has 0 spiro atoms. The van der Waals surface area contributed by atoms with Crippen LogP contribution < -0.4 is 14.2 Å². The lowest BCUT2D eigenvalue weighted by atomic mass is 10.0. The van der Waals surface area contributed by atoms with Crippen molar-refractivity contribution in [1.29, 1.82) is 5.26 Å². The predicted molar refractivity (Wildman–Crippen MR) is 120 cm³/mol. The first-order valence-corrected chi connectivity index (χ1v) is 9.76. The molecule has 3 aromatic rings. The molecule has 5 nitrogen and oxygen atoms in total. The van der Waals surface area contributed by atoms with Gasteiger partial charge in [0.25, 0.3) is 0 Å². The molecule has 0 heterocycles. The summed E-state index contributed by atoms with van der Waals surface area (Å²) >= 11 is 0. The largest absolute Gasteiger partial charge is 0.496 e. The standard InChI is InChI=1S/C26H23NO4/c1-18-11-12-19(2)25(13-18)30-17-26(28)31-22-8-6-7-20(15-22)14-21(16-27)23-9-4-5-10-24(23)29-3/h4-15H,17H2,1-3H3/b21-14-. The van der Waals surface area contributed by atoms with Gasteiger partial charge in [0.05, 0.1) is 18.8 Å². The third-order valence-corrected chi connectivity index (χ3v) is 4.61. The van der Waals surface area contributed by atoms with E-state index in [1.54, 1.807) is 37.5 Å². The quantitative estimate of drug-likeness (QED) is 0.226. The first-order valence-electron chi connectivity index (χ1n) is 9.76. The van der Waals surface area contributed by atoms with E-state index in [1.807, 2.05) is 56.3 Å². The predicted octanol–water partition coefficient (Wildman–Crippen LogP) is 5.36. The van der Waals surface area contributed by atoms with E-state index in [-0.39, 0.29) is 6.61 Å². The molecule has 0 bridgehead atoms. The van der Waals surface area contributed by atoms with Gasteiger partial charge in [0.1, 0.15) is 17.2 Å². The second kappa shape index (κ2) is 10.1. The second-order valence-corrected chi connectivity index (χ2v) is 6.97. The highest BCUT2D eigenvalue weighted by Crippen LogP contribution is 2.28. The molecule has 5 heteroatoms. The zero-order chi connectivity index (χ0) is 22.2. The smallest absolute Gasteiger partial charge is 0.349 e.